The highest BCUT2D eigenvalue weighted by Gasteiger charge is 2.23. The Balaban J connectivity index is 2.31. The summed E-state index contributed by atoms with van der Waals surface area (Å²) in [5.41, 5.74) is 0.991. The van der Waals surface area contributed by atoms with Crippen molar-refractivity contribution in [2.24, 2.45) is 0 Å². The number of hydrogen-bond acceptors (Lipinski definition) is 5. The summed E-state index contributed by atoms with van der Waals surface area (Å²) in [6.45, 7) is 8.68. The molecule has 0 aliphatic rings. The Bertz CT molecular complexity index is 732. The first-order valence-corrected chi connectivity index (χ1v) is 8.98. The maximum Gasteiger partial charge on any atom is 0.161 e. The van der Waals surface area contributed by atoms with Gasteiger partial charge in [-0.05, 0) is 59.5 Å². The lowest BCUT2D eigenvalue weighted by atomic mass is 10.1. The normalized spacial score (nSPS) is 13.1. The van der Waals surface area contributed by atoms with Crippen LogP contribution in [0.25, 0.3) is 0 Å². The zero-order valence-electron chi connectivity index (χ0n) is 17.3. The lowest BCUT2D eigenvalue weighted by Crippen LogP contribution is -2.31. The second-order valence-corrected chi connectivity index (χ2v) is 7.91. The minimum Gasteiger partial charge on any atom is -0.493 e. The molecule has 1 atom stereocenters. The molecule has 26 heavy (non-hydrogen) atoms. The van der Waals surface area contributed by atoms with Crippen molar-refractivity contribution in [1.82, 2.24) is 19.7 Å². The van der Waals surface area contributed by atoms with E-state index >= 15 is 0 Å². The topological polar surface area (TPSA) is 52.4 Å². The van der Waals surface area contributed by atoms with Crippen LogP contribution < -0.4 is 9.47 Å². The van der Waals surface area contributed by atoms with Crippen molar-refractivity contribution in [2.75, 3.05) is 28.3 Å². The molecule has 0 saturated carbocycles. The lowest BCUT2D eigenvalue weighted by Gasteiger charge is -2.24. The largest absolute Gasteiger partial charge is 0.493 e. The third-order valence-electron chi connectivity index (χ3n) is 4.52. The van der Waals surface area contributed by atoms with E-state index < -0.39 is 0 Å². The molecule has 0 fully saturated rings. The molecule has 0 aliphatic carbocycles. The van der Waals surface area contributed by atoms with E-state index in [0.29, 0.717) is 12.5 Å². The minimum atomic E-state index is -0.107. The van der Waals surface area contributed by atoms with Gasteiger partial charge in [-0.3, -0.25) is 0 Å². The van der Waals surface area contributed by atoms with Crippen LogP contribution >= 0.6 is 0 Å². The smallest absolute Gasteiger partial charge is 0.161 e. The molecule has 0 aliphatic heterocycles. The van der Waals surface area contributed by atoms with E-state index in [-0.39, 0.29) is 5.54 Å². The molecule has 0 spiro atoms. The van der Waals surface area contributed by atoms with Crippen molar-refractivity contribution in [1.29, 1.82) is 0 Å². The van der Waals surface area contributed by atoms with Gasteiger partial charge in [0, 0.05) is 18.9 Å². The summed E-state index contributed by atoms with van der Waals surface area (Å²) in [6, 6.07) is 6.33. The third-order valence-corrected chi connectivity index (χ3v) is 4.52. The van der Waals surface area contributed by atoms with E-state index in [9.17, 15) is 0 Å². The van der Waals surface area contributed by atoms with E-state index in [1.54, 1.807) is 14.2 Å². The standard InChI is InChI=1S/C20H32N4O2/c1-14(23(5)6)11-19-21-18(22-24(19)20(2,3)4)13-15-9-10-16(25-7)17(12-15)26-8/h9-10,12,14H,11,13H2,1-8H3. The molecule has 144 valence electrons. The number of ether oxygens (including phenoxy) is 2. The average molecular weight is 361 g/mol. The average Bonchev–Trinajstić information content (AvgIpc) is 2.97. The highest BCUT2D eigenvalue weighted by Crippen LogP contribution is 2.28. The summed E-state index contributed by atoms with van der Waals surface area (Å²) >= 11 is 0. The van der Waals surface area contributed by atoms with Gasteiger partial charge in [0.1, 0.15) is 5.82 Å². The Hall–Kier alpha value is -2.08. The Morgan fingerprint density at radius 2 is 1.77 bits per heavy atom. The zero-order valence-corrected chi connectivity index (χ0v) is 17.3. The molecule has 0 amide bonds. The first kappa shape index (κ1) is 20.2. The van der Waals surface area contributed by atoms with Crippen LogP contribution in [0.15, 0.2) is 18.2 Å². The van der Waals surface area contributed by atoms with Crippen molar-refractivity contribution in [3.63, 3.8) is 0 Å². The summed E-state index contributed by atoms with van der Waals surface area (Å²) in [4.78, 5) is 7.05. The second kappa shape index (κ2) is 8.08. The SMILES string of the molecule is COc1ccc(Cc2nc(CC(C)N(C)C)n(C(C)(C)C)n2)cc1OC. The molecule has 1 aromatic heterocycles. The highest BCUT2D eigenvalue weighted by atomic mass is 16.5. The molecular formula is C20H32N4O2. The van der Waals surface area contributed by atoms with Crippen LogP contribution in [0.4, 0.5) is 0 Å². The van der Waals surface area contributed by atoms with Gasteiger partial charge in [-0.2, -0.15) is 5.10 Å². The molecular weight excluding hydrogens is 328 g/mol. The predicted molar refractivity (Wildman–Crippen MR) is 104 cm³/mol. The fourth-order valence-electron chi connectivity index (χ4n) is 2.76. The van der Waals surface area contributed by atoms with Crippen molar-refractivity contribution in [3.05, 3.63) is 35.4 Å². The van der Waals surface area contributed by atoms with Crippen molar-refractivity contribution in [3.8, 4) is 11.5 Å². The van der Waals surface area contributed by atoms with Crippen LogP contribution in [0.5, 0.6) is 11.5 Å². The fourth-order valence-corrected chi connectivity index (χ4v) is 2.76. The van der Waals surface area contributed by atoms with Crippen molar-refractivity contribution in [2.45, 2.75) is 52.1 Å². The molecule has 0 saturated heterocycles. The van der Waals surface area contributed by atoms with E-state index in [4.69, 9.17) is 19.6 Å². The number of likely N-dealkylation sites (N-methyl/N-ethyl adjacent to an activating group) is 1. The first-order valence-electron chi connectivity index (χ1n) is 8.98. The third kappa shape index (κ3) is 4.75. The Morgan fingerprint density at radius 3 is 2.31 bits per heavy atom. The van der Waals surface area contributed by atoms with Crippen LogP contribution in [-0.4, -0.2) is 54.0 Å². The number of methoxy groups -OCH3 is 2. The van der Waals surface area contributed by atoms with Gasteiger partial charge in [0.05, 0.1) is 19.8 Å². The summed E-state index contributed by atoms with van der Waals surface area (Å²) in [5.74, 6) is 3.30. The second-order valence-electron chi connectivity index (χ2n) is 7.91. The molecule has 6 nitrogen and oxygen atoms in total. The molecule has 1 unspecified atom stereocenters. The number of benzene rings is 1. The van der Waals surface area contributed by atoms with Gasteiger partial charge in [0.2, 0.25) is 0 Å². The summed E-state index contributed by atoms with van der Waals surface area (Å²) in [5, 5.41) is 4.80. The van der Waals surface area contributed by atoms with Gasteiger partial charge in [0.25, 0.3) is 0 Å². The number of hydrogen-bond donors (Lipinski definition) is 0. The van der Waals surface area contributed by atoms with Crippen molar-refractivity contribution >= 4 is 0 Å². The van der Waals surface area contributed by atoms with E-state index in [0.717, 1.165) is 35.1 Å². The molecule has 2 rings (SSSR count). The number of aromatic nitrogens is 3. The summed E-state index contributed by atoms with van der Waals surface area (Å²) < 4.78 is 12.8. The molecule has 0 radical (unpaired) electrons. The highest BCUT2D eigenvalue weighted by molar-refractivity contribution is 5.43. The van der Waals surface area contributed by atoms with Gasteiger partial charge in [-0.25, -0.2) is 9.67 Å². The summed E-state index contributed by atoms with van der Waals surface area (Å²) in [7, 11) is 7.47. The number of nitrogens with zero attached hydrogens (tertiary/aromatic N) is 4. The van der Waals surface area contributed by atoms with Gasteiger partial charge in [-0.15, -0.1) is 0 Å². The number of rotatable bonds is 7. The van der Waals surface area contributed by atoms with Gasteiger partial charge in [-0.1, -0.05) is 6.07 Å². The zero-order chi connectivity index (χ0) is 19.5. The Morgan fingerprint density at radius 1 is 1.12 bits per heavy atom. The molecule has 0 N–H and O–H groups in total. The quantitative estimate of drug-likeness (QED) is 0.759. The monoisotopic (exact) mass is 360 g/mol. The van der Waals surface area contributed by atoms with Gasteiger partial charge in [0.15, 0.2) is 17.3 Å². The van der Waals surface area contributed by atoms with E-state index in [1.807, 2.05) is 18.2 Å². The first-order chi connectivity index (χ1) is 12.2. The summed E-state index contributed by atoms with van der Waals surface area (Å²) in [6.07, 6.45) is 1.52. The maximum absolute atomic E-state index is 5.40. The molecule has 1 heterocycles. The van der Waals surface area contributed by atoms with Crippen molar-refractivity contribution < 1.29 is 9.47 Å². The predicted octanol–water partition coefficient (Wildman–Crippen LogP) is 3.13. The van der Waals surface area contributed by atoms with E-state index in [1.165, 1.54) is 0 Å². The van der Waals surface area contributed by atoms with Crippen LogP contribution in [0.3, 0.4) is 0 Å². The van der Waals surface area contributed by atoms with Crippen LogP contribution in [0, 0.1) is 0 Å². The van der Waals surface area contributed by atoms with Gasteiger partial charge < -0.3 is 14.4 Å². The molecule has 1 aromatic carbocycles. The Labute approximate surface area is 157 Å². The lowest BCUT2D eigenvalue weighted by molar-refractivity contribution is 0.287. The molecule has 0 bridgehead atoms. The Kier molecular flexibility index (Phi) is 6.29. The van der Waals surface area contributed by atoms with Crippen LogP contribution in [0.1, 0.15) is 44.9 Å². The maximum atomic E-state index is 5.40. The fraction of sp³-hybridized carbons (Fsp3) is 0.600. The van der Waals surface area contributed by atoms with Crippen LogP contribution in [-0.2, 0) is 18.4 Å². The van der Waals surface area contributed by atoms with E-state index in [2.05, 4.69) is 51.4 Å². The minimum absolute atomic E-state index is 0.107. The molecule has 2 aromatic rings. The van der Waals surface area contributed by atoms with Gasteiger partial charge >= 0.3 is 0 Å². The molecule has 6 heteroatoms. The van der Waals surface area contributed by atoms with Crippen LogP contribution in [0.2, 0.25) is 0 Å².